The Labute approximate surface area is 133 Å². The largest absolute Gasteiger partial charge is 0.496 e. The molecule has 112 valence electrons. The highest BCUT2D eigenvalue weighted by atomic mass is 79.9. The molecule has 0 aliphatic carbocycles. The van der Waals surface area contributed by atoms with E-state index in [0.29, 0.717) is 13.0 Å². The smallest absolute Gasteiger partial charge is 0.125 e. The number of aliphatic hydroxyl groups is 1. The monoisotopic (exact) mass is 350 g/mol. The number of methoxy groups -OCH3 is 1. The van der Waals surface area contributed by atoms with Crippen LogP contribution >= 0.6 is 15.9 Å². The molecule has 0 saturated heterocycles. The SMILES string of the molecule is CCOc1ccccc1C(O)Cc1cc(Br)ccc1OC. The lowest BCUT2D eigenvalue weighted by Crippen LogP contribution is -2.06. The first kappa shape index (κ1) is 15.9. The van der Waals surface area contributed by atoms with E-state index in [9.17, 15) is 5.11 Å². The Balaban J connectivity index is 2.26. The molecule has 0 aromatic heterocycles. The van der Waals surface area contributed by atoms with Gasteiger partial charge >= 0.3 is 0 Å². The molecule has 0 amide bonds. The van der Waals surface area contributed by atoms with Crippen molar-refractivity contribution in [3.8, 4) is 11.5 Å². The highest BCUT2D eigenvalue weighted by Gasteiger charge is 2.16. The molecule has 0 radical (unpaired) electrons. The van der Waals surface area contributed by atoms with Crippen LogP contribution in [0.4, 0.5) is 0 Å². The third-order valence-electron chi connectivity index (χ3n) is 3.23. The molecule has 0 heterocycles. The van der Waals surface area contributed by atoms with E-state index in [1.165, 1.54) is 0 Å². The number of ether oxygens (including phenoxy) is 2. The number of benzene rings is 2. The zero-order chi connectivity index (χ0) is 15.2. The van der Waals surface area contributed by atoms with E-state index in [1.54, 1.807) is 7.11 Å². The third-order valence-corrected chi connectivity index (χ3v) is 3.73. The molecule has 1 unspecified atom stereocenters. The second kappa shape index (κ2) is 7.48. The van der Waals surface area contributed by atoms with Crippen molar-refractivity contribution in [3.63, 3.8) is 0 Å². The fraction of sp³-hybridized carbons (Fsp3) is 0.294. The van der Waals surface area contributed by atoms with E-state index in [4.69, 9.17) is 9.47 Å². The topological polar surface area (TPSA) is 38.7 Å². The Morgan fingerprint density at radius 2 is 1.90 bits per heavy atom. The highest BCUT2D eigenvalue weighted by Crippen LogP contribution is 2.31. The second-order valence-corrected chi connectivity index (χ2v) is 5.56. The van der Waals surface area contributed by atoms with Crippen LogP contribution in [-0.2, 0) is 6.42 Å². The number of aliphatic hydroxyl groups excluding tert-OH is 1. The van der Waals surface area contributed by atoms with Gasteiger partial charge in [-0.3, -0.25) is 0 Å². The number of hydrogen-bond donors (Lipinski definition) is 1. The van der Waals surface area contributed by atoms with Crippen molar-refractivity contribution in [1.29, 1.82) is 0 Å². The molecule has 2 aromatic carbocycles. The van der Waals surface area contributed by atoms with Gasteiger partial charge in [0.1, 0.15) is 11.5 Å². The molecule has 3 nitrogen and oxygen atoms in total. The summed E-state index contributed by atoms with van der Waals surface area (Å²) in [5.74, 6) is 1.49. The van der Waals surface area contributed by atoms with Crippen LogP contribution in [0.25, 0.3) is 0 Å². The van der Waals surface area contributed by atoms with Crippen LogP contribution in [0.5, 0.6) is 11.5 Å². The number of halogens is 1. The van der Waals surface area contributed by atoms with Gasteiger partial charge in [-0.15, -0.1) is 0 Å². The maximum atomic E-state index is 10.5. The normalized spacial score (nSPS) is 12.0. The molecule has 0 bridgehead atoms. The average Bonchev–Trinajstić information content (AvgIpc) is 2.48. The van der Waals surface area contributed by atoms with Crippen molar-refractivity contribution < 1.29 is 14.6 Å². The Morgan fingerprint density at radius 3 is 2.62 bits per heavy atom. The first-order valence-electron chi connectivity index (χ1n) is 6.88. The van der Waals surface area contributed by atoms with Crippen LogP contribution in [0.15, 0.2) is 46.9 Å². The molecule has 0 saturated carbocycles. The van der Waals surface area contributed by atoms with E-state index in [-0.39, 0.29) is 0 Å². The van der Waals surface area contributed by atoms with E-state index < -0.39 is 6.10 Å². The van der Waals surface area contributed by atoms with E-state index in [1.807, 2.05) is 49.4 Å². The number of rotatable bonds is 6. The summed E-state index contributed by atoms with van der Waals surface area (Å²) in [6.07, 6.45) is -0.178. The van der Waals surface area contributed by atoms with Crippen LogP contribution in [0.1, 0.15) is 24.2 Å². The predicted octanol–water partition coefficient (Wildman–Crippen LogP) is 4.13. The van der Waals surface area contributed by atoms with Crippen LogP contribution in [0.3, 0.4) is 0 Å². The Morgan fingerprint density at radius 1 is 1.14 bits per heavy atom. The lowest BCUT2D eigenvalue weighted by molar-refractivity contribution is 0.171. The Hall–Kier alpha value is -1.52. The van der Waals surface area contributed by atoms with E-state index in [0.717, 1.165) is 27.1 Å². The van der Waals surface area contributed by atoms with Crippen molar-refractivity contribution in [3.05, 3.63) is 58.1 Å². The van der Waals surface area contributed by atoms with Gasteiger partial charge in [0, 0.05) is 16.5 Å². The van der Waals surface area contributed by atoms with E-state index in [2.05, 4.69) is 15.9 Å². The summed E-state index contributed by atoms with van der Waals surface area (Å²) in [6.45, 7) is 2.50. The van der Waals surface area contributed by atoms with Crippen molar-refractivity contribution >= 4 is 15.9 Å². The molecule has 0 aliphatic rings. The van der Waals surface area contributed by atoms with Gasteiger partial charge in [-0.2, -0.15) is 0 Å². The van der Waals surface area contributed by atoms with Gasteiger partial charge in [0.05, 0.1) is 19.8 Å². The van der Waals surface area contributed by atoms with Crippen LogP contribution in [-0.4, -0.2) is 18.8 Å². The van der Waals surface area contributed by atoms with Crippen molar-refractivity contribution in [2.45, 2.75) is 19.4 Å². The minimum absolute atomic E-state index is 0.465. The first-order chi connectivity index (χ1) is 10.2. The van der Waals surface area contributed by atoms with Crippen molar-refractivity contribution in [1.82, 2.24) is 0 Å². The molecule has 0 spiro atoms. The van der Waals surface area contributed by atoms with Gasteiger partial charge in [0.15, 0.2) is 0 Å². The molecule has 2 aromatic rings. The van der Waals surface area contributed by atoms with Crippen molar-refractivity contribution in [2.75, 3.05) is 13.7 Å². The standard InChI is InChI=1S/C17H19BrO3/c1-3-21-17-7-5-4-6-14(17)15(19)11-12-10-13(18)8-9-16(12)20-2/h4-10,15,19H,3,11H2,1-2H3. The molecule has 1 atom stereocenters. The summed E-state index contributed by atoms with van der Waals surface area (Å²) < 4.78 is 11.9. The van der Waals surface area contributed by atoms with Gasteiger partial charge in [0.2, 0.25) is 0 Å². The third kappa shape index (κ3) is 3.99. The Kier molecular flexibility index (Phi) is 5.65. The summed E-state index contributed by atoms with van der Waals surface area (Å²) >= 11 is 3.45. The molecular formula is C17H19BrO3. The number of para-hydroxylation sites is 1. The summed E-state index contributed by atoms with van der Waals surface area (Å²) in [6, 6.07) is 13.3. The maximum Gasteiger partial charge on any atom is 0.125 e. The van der Waals surface area contributed by atoms with Crippen LogP contribution in [0.2, 0.25) is 0 Å². The zero-order valence-corrected chi connectivity index (χ0v) is 13.8. The first-order valence-corrected chi connectivity index (χ1v) is 7.67. The lowest BCUT2D eigenvalue weighted by Gasteiger charge is -2.17. The van der Waals surface area contributed by atoms with Crippen LogP contribution < -0.4 is 9.47 Å². The summed E-state index contributed by atoms with van der Waals surface area (Å²) in [7, 11) is 1.63. The number of hydrogen-bond acceptors (Lipinski definition) is 3. The quantitative estimate of drug-likeness (QED) is 0.850. The molecule has 1 N–H and O–H groups in total. The van der Waals surface area contributed by atoms with Gasteiger partial charge in [0.25, 0.3) is 0 Å². The summed E-state index contributed by atoms with van der Waals surface area (Å²) in [5.41, 5.74) is 1.74. The Bertz CT molecular complexity index is 598. The van der Waals surface area contributed by atoms with E-state index >= 15 is 0 Å². The van der Waals surface area contributed by atoms with Gasteiger partial charge in [-0.25, -0.2) is 0 Å². The molecular weight excluding hydrogens is 332 g/mol. The fourth-order valence-corrected chi connectivity index (χ4v) is 2.68. The highest BCUT2D eigenvalue weighted by molar-refractivity contribution is 9.10. The molecule has 21 heavy (non-hydrogen) atoms. The lowest BCUT2D eigenvalue weighted by atomic mass is 10.00. The maximum absolute atomic E-state index is 10.5. The van der Waals surface area contributed by atoms with Gasteiger partial charge in [-0.05, 0) is 36.8 Å². The zero-order valence-electron chi connectivity index (χ0n) is 12.2. The van der Waals surface area contributed by atoms with Gasteiger partial charge in [-0.1, -0.05) is 34.1 Å². The summed E-state index contributed by atoms with van der Waals surface area (Å²) in [5, 5.41) is 10.5. The minimum atomic E-state index is -0.643. The van der Waals surface area contributed by atoms with Crippen molar-refractivity contribution in [2.24, 2.45) is 0 Å². The second-order valence-electron chi connectivity index (χ2n) is 4.65. The van der Waals surface area contributed by atoms with Gasteiger partial charge < -0.3 is 14.6 Å². The predicted molar refractivity (Wildman–Crippen MR) is 87.0 cm³/mol. The molecule has 4 heteroatoms. The minimum Gasteiger partial charge on any atom is -0.496 e. The average molecular weight is 351 g/mol. The molecule has 2 rings (SSSR count). The molecule has 0 fully saturated rings. The molecule has 0 aliphatic heterocycles. The fourth-order valence-electron chi connectivity index (χ4n) is 2.27. The van der Waals surface area contributed by atoms with Crippen LogP contribution in [0, 0.1) is 0 Å². The summed E-state index contributed by atoms with van der Waals surface area (Å²) in [4.78, 5) is 0.